The molecule has 1 aliphatic heterocycles. The second-order valence-corrected chi connectivity index (χ2v) is 12.1. The molecule has 6 nitrogen and oxygen atoms in total. The summed E-state index contributed by atoms with van der Waals surface area (Å²) in [6.45, 7) is -0.283. The van der Waals surface area contributed by atoms with Crippen molar-refractivity contribution < 1.29 is 45.0 Å². The molecule has 3 aromatic carbocycles. The lowest BCUT2D eigenvalue weighted by atomic mass is 9.72. The predicted octanol–water partition coefficient (Wildman–Crippen LogP) is 6.76. The number of nitrogens with zero attached hydrogens (tertiary/aromatic N) is 1. The second-order valence-electron chi connectivity index (χ2n) is 9.84. The van der Waals surface area contributed by atoms with E-state index in [-0.39, 0.29) is 35.0 Å². The van der Waals surface area contributed by atoms with Crippen LogP contribution in [0.1, 0.15) is 24.8 Å². The van der Waals surface area contributed by atoms with E-state index in [1.165, 1.54) is 18.2 Å². The van der Waals surface area contributed by atoms with Crippen molar-refractivity contribution in [1.82, 2.24) is 0 Å². The third-order valence-corrected chi connectivity index (χ3v) is 9.29. The molecule has 40 heavy (non-hydrogen) atoms. The Bertz CT molecular complexity index is 1590. The third kappa shape index (κ3) is 5.34. The molecule has 0 radical (unpaired) electrons. The normalized spacial score (nSPS) is 20.9. The molecule has 1 N–H and O–H groups in total. The molecule has 1 atom stereocenters. The summed E-state index contributed by atoms with van der Waals surface area (Å²) in [4.78, 5) is 10.6. The first-order chi connectivity index (χ1) is 18.7. The molecule has 0 amide bonds. The monoisotopic (exact) mass is 601 g/mol. The third-order valence-electron chi connectivity index (χ3n) is 7.13. The van der Waals surface area contributed by atoms with E-state index in [1.807, 2.05) is 0 Å². The van der Waals surface area contributed by atoms with E-state index in [9.17, 15) is 35.2 Å². The van der Waals surface area contributed by atoms with Crippen molar-refractivity contribution >= 4 is 33.3 Å². The molecule has 0 bridgehead atoms. The lowest BCUT2D eigenvalue weighted by molar-refractivity contribution is -0.146. The van der Waals surface area contributed by atoms with Gasteiger partial charge in [-0.2, -0.15) is 13.2 Å². The molecule has 1 unspecified atom stereocenters. The van der Waals surface area contributed by atoms with E-state index >= 15 is 0 Å². The molecular formula is C27H21ClF5NO5S. The number of carboxylic acids is 1. The molecule has 0 saturated heterocycles. The average Bonchev–Trinajstić information content (AvgIpc) is 2.86. The van der Waals surface area contributed by atoms with Gasteiger partial charge in [-0.1, -0.05) is 23.7 Å². The summed E-state index contributed by atoms with van der Waals surface area (Å²) in [7, 11) is -4.59. The van der Waals surface area contributed by atoms with Gasteiger partial charge in [-0.05, 0) is 67.1 Å². The molecule has 5 rings (SSSR count). The molecule has 0 spiro atoms. The molecule has 1 fully saturated rings. The molecule has 2 aliphatic rings. The van der Waals surface area contributed by atoms with Crippen LogP contribution in [0.25, 0.3) is 11.1 Å². The minimum Gasteiger partial charge on any atom is -0.486 e. The van der Waals surface area contributed by atoms with Gasteiger partial charge in [0.15, 0.2) is 0 Å². The number of anilines is 1. The highest BCUT2D eigenvalue weighted by Crippen LogP contribution is 2.45. The van der Waals surface area contributed by atoms with Crippen LogP contribution in [0.2, 0.25) is 5.02 Å². The number of rotatable bonds is 6. The molecular weight excluding hydrogens is 581 g/mol. The zero-order valence-corrected chi connectivity index (χ0v) is 22.0. The Kier molecular flexibility index (Phi) is 7.20. The Hall–Kier alpha value is -3.38. The fraction of sp³-hybridized carbons (Fsp3) is 0.296. The fourth-order valence-electron chi connectivity index (χ4n) is 5.06. The summed E-state index contributed by atoms with van der Waals surface area (Å²) in [6, 6.07) is 9.00. The first-order valence-electron chi connectivity index (χ1n) is 12.1. The minimum absolute atomic E-state index is 0.0425. The van der Waals surface area contributed by atoms with Gasteiger partial charge in [0.05, 0.1) is 33.6 Å². The molecule has 212 valence electrons. The van der Waals surface area contributed by atoms with Crippen LogP contribution in [0.15, 0.2) is 59.5 Å². The van der Waals surface area contributed by atoms with E-state index in [0.717, 1.165) is 28.6 Å². The van der Waals surface area contributed by atoms with Crippen LogP contribution in [0.5, 0.6) is 5.75 Å². The zero-order chi connectivity index (χ0) is 29.0. The van der Waals surface area contributed by atoms with Crippen molar-refractivity contribution in [2.75, 3.05) is 10.8 Å². The van der Waals surface area contributed by atoms with Gasteiger partial charge in [0, 0.05) is 11.6 Å². The molecule has 1 aliphatic carbocycles. The SMILES string of the molecule is O=C(O)[C@H]1C[C@@H](CC2CN(S(=O)(=O)c3cccc(C(F)(F)F)c3)c3cc(-c4cc(F)cc(F)c4Cl)ccc3O2)C1. The highest BCUT2D eigenvalue weighted by molar-refractivity contribution is 7.92. The number of fused-ring (bicyclic) bond motifs is 1. The number of aliphatic carboxylic acids is 1. The maximum absolute atomic E-state index is 14.1. The Balaban J connectivity index is 1.56. The molecule has 3 aromatic rings. The maximum atomic E-state index is 14.1. The van der Waals surface area contributed by atoms with Crippen LogP contribution in [0, 0.1) is 23.5 Å². The number of benzene rings is 3. The predicted molar refractivity (Wildman–Crippen MR) is 136 cm³/mol. The van der Waals surface area contributed by atoms with Gasteiger partial charge in [0.25, 0.3) is 10.0 Å². The van der Waals surface area contributed by atoms with Crippen molar-refractivity contribution in [3.63, 3.8) is 0 Å². The number of carboxylic acid groups (broad SMARTS) is 1. The quantitative estimate of drug-likeness (QED) is 0.249. The van der Waals surface area contributed by atoms with E-state index in [4.69, 9.17) is 21.4 Å². The average molecular weight is 602 g/mol. The highest BCUT2D eigenvalue weighted by Gasteiger charge is 2.41. The molecule has 0 aromatic heterocycles. The maximum Gasteiger partial charge on any atom is 0.416 e. The van der Waals surface area contributed by atoms with Gasteiger partial charge in [-0.25, -0.2) is 17.2 Å². The molecule has 13 heteroatoms. The second kappa shape index (κ2) is 10.2. The van der Waals surface area contributed by atoms with Gasteiger partial charge in [0.1, 0.15) is 23.5 Å². The topological polar surface area (TPSA) is 83.9 Å². The standard InChI is InChI=1S/C27H21ClF5NO5S/c28-25-21(11-18(29)12-22(25)30)15-4-5-24-23(9-15)34(13-19(39-24)8-14-6-16(7-14)26(35)36)40(37,38)20-3-1-2-17(10-20)27(31,32)33/h1-5,9-12,14,16,19H,6-8,13H2,(H,35,36)/t14-,16+,19?. The van der Waals surface area contributed by atoms with Crippen molar-refractivity contribution in [1.29, 1.82) is 0 Å². The van der Waals surface area contributed by atoms with Crippen LogP contribution < -0.4 is 9.04 Å². The van der Waals surface area contributed by atoms with Crippen molar-refractivity contribution in [3.8, 4) is 16.9 Å². The van der Waals surface area contributed by atoms with Crippen LogP contribution >= 0.6 is 11.6 Å². The summed E-state index contributed by atoms with van der Waals surface area (Å²) in [5.41, 5.74) is -1.11. The van der Waals surface area contributed by atoms with Crippen molar-refractivity contribution in [3.05, 3.63) is 76.8 Å². The molecule has 1 saturated carbocycles. The van der Waals surface area contributed by atoms with E-state index in [1.54, 1.807) is 0 Å². The first-order valence-corrected chi connectivity index (χ1v) is 13.9. The Morgan fingerprint density at radius 3 is 2.48 bits per heavy atom. The number of hydrogen-bond acceptors (Lipinski definition) is 4. The minimum atomic E-state index is -4.78. The first kappa shape index (κ1) is 28.2. The number of carbonyl (C=O) groups is 1. The van der Waals surface area contributed by atoms with Gasteiger partial charge >= 0.3 is 12.1 Å². The number of alkyl halides is 3. The lowest BCUT2D eigenvalue weighted by Crippen LogP contribution is -2.45. The lowest BCUT2D eigenvalue weighted by Gasteiger charge is -2.40. The summed E-state index contributed by atoms with van der Waals surface area (Å²) in [6.07, 6.45) is -4.40. The number of sulfonamides is 1. The molecule has 1 heterocycles. The van der Waals surface area contributed by atoms with Gasteiger partial charge in [-0.15, -0.1) is 0 Å². The summed E-state index contributed by atoms with van der Waals surface area (Å²) in [5.74, 6) is -3.32. The fourth-order valence-corrected chi connectivity index (χ4v) is 6.82. The van der Waals surface area contributed by atoms with Crippen molar-refractivity contribution in [2.45, 2.75) is 36.4 Å². The van der Waals surface area contributed by atoms with Crippen LogP contribution in [-0.4, -0.2) is 32.1 Å². The van der Waals surface area contributed by atoms with Crippen LogP contribution in [0.4, 0.5) is 27.6 Å². The van der Waals surface area contributed by atoms with Gasteiger partial charge < -0.3 is 9.84 Å². The number of halogens is 6. The van der Waals surface area contributed by atoms with Crippen LogP contribution in [0.3, 0.4) is 0 Å². The van der Waals surface area contributed by atoms with Crippen molar-refractivity contribution in [2.24, 2.45) is 11.8 Å². The van der Waals surface area contributed by atoms with E-state index in [2.05, 4.69) is 0 Å². The Morgan fingerprint density at radius 1 is 1.07 bits per heavy atom. The largest absolute Gasteiger partial charge is 0.486 e. The number of hydrogen-bond donors (Lipinski definition) is 1. The Labute approximate surface area is 231 Å². The van der Waals surface area contributed by atoms with E-state index < -0.39 is 61.3 Å². The number of ether oxygens (including phenoxy) is 1. The summed E-state index contributed by atoms with van der Waals surface area (Å²) >= 11 is 6.05. The highest BCUT2D eigenvalue weighted by atomic mass is 35.5. The van der Waals surface area contributed by atoms with E-state index in [0.29, 0.717) is 31.4 Å². The van der Waals surface area contributed by atoms with Gasteiger partial charge in [-0.3, -0.25) is 9.10 Å². The summed E-state index contributed by atoms with van der Waals surface area (Å²) < 4.78 is 103. The summed E-state index contributed by atoms with van der Waals surface area (Å²) in [5, 5.41) is 8.76. The van der Waals surface area contributed by atoms with Gasteiger partial charge in [0.2, 0.25) is 0 Å². The van der Waals surface area contributed by atoms with Crippen LogP contribution in [-0.2, 0) is 21.0 Å². The zero-order valence-electron chi connectivity index (χ0n) is 20.5. The smallest absolute Gasteiger partial charge is 0.416 e. The Morgan fingerprint density at radius 2 is 1.80 bits per heavy atom.